The van der Waals surface area contributed by atoms with Crippen LogP contribution in [0.1, 0.15) is 112 Å². The second-order valence-electron chi connectivity index (χ2n) is 27.0. The fraction of sp³-hybridized carbons (Fsp3) is 0.618. The van der Waals surface area contributed by atoms with Crippen molar-refractivity contribution in [3.05, 3.63) is 52.1 Å². The average molecular weight is 1680 g/mol. The van der Waals surface area contributed by atoms with Gasteiger partial charge in [-0.3, -0.25) is 67.3 Å². The number of carboxylic acid groups (broad SMARTS) is 4. The predicted molar refractivity (Wildman–Crippen MR) is 395 cm³/mol. The molecule has 1 aromatic carbocycles. The van der Waals surface area contributed by atoms with Crippen LogP contribution in [0.25, 0.3) is 11.2 Å². The van der Waals surface area contributed by atoms with Gasteiger partial charge in [-0.05, 0) is 62.8 Å². The fourth-order valence-corrected chi connectivity index (χ4v) is 11.3. The van der Waals surface area contributed by atoms with Crippen LogP contribution in [0.2, 0.25) is 0 Å². The molecule has 3 rings (SSSR count). The first-order chi connectivity index (χ1) is 54.5. The maximum Gasteiger partial charge on any atom is 0.327 e. The third-order valence-corrected chi connectivity index (χ3v) is 18.4. The van der Waals surface area contributed by atoms with E-state index in [2.05, 4.69) is 75.1 Å². The number of aromatic nitrogens is 4. The Morgan fingerprint density at radius 3 is 1.19 bits per heavy atom. The number of aliphatic hydroxyl groups excluding tert-OH is 15. The highest BCUT2D eigenvalue weighted by atomic mass is 32.1. The van der Waals surface area contributed by atoms with Crippen molar-refractivity contribution in [1.29, 1.82) is 0 Å². The van der Waals surface area contributed by atoms with E-state index in [1.54, 1.807) is 0 Å². The second kappa shape index (κ2) is 50.5. The summed E-state index contributed by atoms with van der Waals surface area (Å²) in [5.74, 6) is -24.3. The number of nitrogens with two attached hydrogens (primary N) is 1. The number of carboxylic acids is 4. The van der Waals surface area contributed by atoms with Crippen LogP contribution in [0, 0.1) is 17.8 Å². The number of thiol groups is 1. The van der Waals surface area contributed by atoms with Crippen LogP contribution < -0.4 is 53.8 Å². The van der Waals surface area contributed by atoms with Crippen molar-refractivity contribution in [3.63, 3.8) is 0 Å². The van der Waals surface area contributed by atoms with Crippen molar-refractivity contribution < 1.29 is 164 Å². The van der Waals surface area contributed by atoms with E-state index < -0.39 is 345 Å². The summed E-state index contributed by atoms with van der Waals surface area (Å²) >= 11 is 3.90. The van der Waals surface area contributed by atoms with Gasteiger partial charge in [0.2, 0.25) is 41.4 Å². The number of anilines is 2. The number of carbonyl (C=O) groups excluding carboxylic acids is 10. The maximum absolute atomic E-state index is 14.8. The number of hydrogen-bond acceptors (Lipinski definition) is 36. The minimum absolute atomic E-state index is 0.0111. The summed E-state index contributed by atoms with van der Waals surface area (Å²) in [6.07, 6.45) is -36.5. The van der Waals surface area contributed by atoms with Gasteiger partial charge in [-0.2, -0.15) is 17.6 Å². The summed E-state index contributed by atoms with van der Waals surface area (Å²) in [6.45, 7) is -5.82. The molecule has 0 saturated carbocycles. The van der Waals surface area contributed by atoms with Crippen LogP contribution in [-0.4, -0.2) is 342 Å². The number of rotatable bonds is 58. The van der Waals surface area contributed by atoms with Crippen LogP contribution in [0.3, 0.4) is 0 Å². The molecule has 0 aliphatic carbocycles. The molecule has 0 unspecified atom stereocenters. The topological polar surface area (TPSA) is 817 Å². The largest absolute Gasteiger partial charge is 0.481 e. The van der Waals surface area contributed by atoms with Gasteiger partial charge in [0.05, 0.1) is 68.7 Å². The van der Waals surface area contributed by atoms with Crippen LogP contribution >= 0.6 is 12.6 Å². The monoisotopic (exact) mass is 1680 g/mol. The normalized spacial score (nSPS) is 16.4. The first kappa shape index (κ1) is 100. The zero-order chi connectivity index (χ0) is 87.4. The lowest BCUT2D eigenvalue weighted by Crippen LogP contribution is -2.50. The number of aliphatic carboxylic acids is 4. The second-order valence-corrected chi connectivity index (χ2v) is 27.4. The van der Waals surface area contributed by atoms with Gasteiger partial charge in [-0.15, -0.1) is 0 Å². The Hall–Kier alpha value is -10.0. The molecule has 0 radical (unpaired) electrons. The number of ketones is 3. The molecule has 0 spiro atoms. The molecule has 116 heavy (non-hydrogen) atoms. The molecule has 47 nitrogen and oxygen atoms in total. The van der Waals surface area contributed by atoms with E-state index in [9.17, 15) is 164 Å². The molecule has 0 fully saturated rings. The summed E-state index contributed by atoms with van der Waals surface area (Å²) in [5.41, 5.74) is 5.43. The van der Waals surface area contributed by atoms with Crippen molar-refractivity contribution in [2.45, 2.75) is 200 Å². The number of H-pyrrole nitrogens is 1. The fourth-order valence-electron chi connectivity index (χ4n) is 11.0. The quantitative estimate of drug-likeness (QED) is 0.0233. The molecule has 7 amide bonds. The molecule has 48 heteroatoms. The first-order valence-electron chi connectivity index (χ1n) is 36.0. The third-order valence-electron chi connectivity index (χ3n) is 18.1. The lowest BCUT2D eigenvalue weighted by molar-refractivity contribution is -0.142. The number of nitrogens with one attached hydrogen (secondary N) is 9. The number of carbonyl (C=O) groups is 14. The maximum atomic E-state index is 14.8. The van der Waals surface area contributed by atoms with E-state index >= 15 is 0 Å². The van der Waals surface area contributed by atoms with Crippen molar-refractivity contribution in [2.75, 3.05) is 56.3 Å². The lowest BCUT2D eigenvalue weighted by atomic mass is 9.89. The summed E-state index contributed by atoms with van der Waals surface area (Å²) in [6, 6.07) is -2.18. The molecule has 30 N–H and O–H groups in total. The minimum Gasteiger partial charge on any atom is -0.481 e. The average Bonchev–Trinajstić information content (AvgIpc) is 0.810. The number of aliphatic hydroxyl groups is 15. The number of nitrogen functional groups attached to an aromatic ring is 1. The summed E-state index contributed by atoms with van der Waals surface area (Å²) in [5, 5.41) is 207. The summed E-state index contributed by atoms with van der Waals surface area (Å²) in [4.78, 5) is 215. The molecular weight excluding hydrogens is 1570 g/mol. The molecule has 648 valence electrons. The highest BCUT2D eigenvalue weighted by Crippen LogP contribution is 2.23. The first-order valence-corrected chi connectivity index (χ1v) is 36.6. The van der Waals surface area contributed by atoms with Gasteiger partial charge in [0.25, 0.3) is 11.5 Å². The SMILES string of the molecule is Nc1nc2ncc(CNc3ccc(C(=O)N[C@H](CCC(=O)C[C@H](CCC(=O)NC[C@H](O)[C@@H](O)[C@H](O)[C@H](O)CO)C(=O)N[C@H](CCC(=O)O)C(=O)C[C@H](CCC(=O)NC[C@H](O)[C@@H](O)[C@H](O)[C@H](O)CO)C(=O)N[C@H](CCC(=O)O)C(=O)C[C@H](CCC(=O)NC[C@H](O)[C@@H](O)[C@H](O)[C@H](O)CO)C(=O)N[C@H](CS)C(=O)O)C(=O)O)cc3)nc2c(=O)[nH]1. The van der Waals surface area contributed by atoms with Crippen molar-refractivity contribution in [2.24, 2.45) is 17.8 Å². The van der Waals surface area contributed by atoms with E-state index in [0.29, 0.717) is 11.4 Å². The van der Waals surface area contributed by atoms with Crippen LogP contribution in [-0.2, 0) is 68.9 Å². The molecule has 2 aromatic heterocycles. The summed E-state index contributed by atoms with van der Waals surface area (Å²) < 4.78 is 0. The number of Topliss-reactive ketones (excluding diaryl/α,β-unsaturated/α-hetero) is 3. The Morgan fingerprint density at radius 2 is 0.819 bits per heavy atom. The molecule has 0 aliphatic rings. The number of nitrogens with zero attached hydrogens (tertiary/aromatic N) is 3. The number of benzene rings is 1. The highest BCUT2D eigenvalue weighted by molar-refractivity contribution is 7.80. The van der Waals surface area contributed by atoms with E-state index in [1.165, 1.54) is 30.5 Å². The number of fused-ring (bicyclic) bond motifs is 1. The van der Waals surface area contributed by atoms with Gasteiger partial charge >= 0.3 is 23.9 Å². The number of hydrogen-bond donors (Lipinski definition) is 30. The molecular formula is C68H101N13O34S. The Balaban J connectivity index is 2.05. The van der Waals surface area contributed by atoms with E-state index in [0.717, 1.165) is 0 Å². The Labute approximate surface area is 663 Å². The Bertz CT molecular complexity index is 3870. The molecule has 0 bridgehead atoms. The standard InChI is InChI=1S/C68H101N13O34S/c69-68-80-60-53(65(111)81-68)75-34(21-74-60)20-70-33-6-1-29(2-7-33)61(107)78-38(66(112)113)9-8-35(85)17-30(3-12-48(94)71-22-42(88)54(101)57(104)45(91)25-82)62(108)76-36(10-15-51(97)98)40(86)18-31(4-13-49(95)72-23-43(89)55(102)58(105)46(92)26-83)63(109)77-37(11-16-52(99)100)41(87)19-32(64(110)79-39(28-116)67(114)115)5-14-50(96)73-24-44(90)56(103)59(106)47(93)27-84/h1-2,6-7,21,30-32,36-39,42-47,54-59,70,82-84,88-93,101-106,116H,3-5,8-20,22-28H2,(H,71,94)(H,72,95)(H,73,96)(H,76,108)(H,77,109)(H,78,107)(H,79,110)(H,97,98)(H,99,100)(H,112,113)(H,114,115)(H3,69,74,80,81,111)/t30-,31-,32-,36+,37+,38+,39+,42-,43-,44-,45+,46+,47+,54+,55+,56+,57+,58+,59+/m0/s1. The Morgan fingerprint density at radius 1 is 0.448 bits per heavy atom. The number of aromatic amines is 1. The highest BCUT2D eigenvalue weighted by Gasteiger charge is 2.38. The third kappa shape index (κ3) is 34.4. The van der Waals surface area contributed by atoms with E-state index in [4.69, 9.17) is 10.8 Å². The van der Waals surface area contributed by atoms with Gasteiger partial charge in [-0.25, -0.2) is 19.6 Å². The Kier molecular flexibility index (Phi) is 43.6. The zero-order valence-electron chi connectivity index (χ0n) is 62.1. The zero-order valence-corrected chi connectivity index (χ0v) is 63.0. The smallest absolute Gasteiger partial charge is 0.327 e. The molecule has 0 saturated heterocycles. The van der Waals surface area contributed by atoms with Crippen LogP contribution in [0.5, 0.6) is 0 Å². The van der Waals surface area contributed by atoms with Gasteiger partial charge in [-0.1, -0.05) is 0 Å². The van der Waals surface area contributed by atoms with Crippen molar-refractivity contribution in [1.82, 2.24) is 57.2 Å². The van der Waals surface area contributed by atoms with Crippen LogP contribution in [0.15, 0.2) is 35.3 Å². The van der Waals surface area contributed by atoms with E-state index in [1.807, 2.05) is 0 Å². The van der Waals surface area contributed by atoms with Crippen molar-refractivity contribution >= 4 is 118 Å². The molecule has 0 aliphatic heterocycles. The van der Waals surface area contributed by atoms with Gasteiger partial charge in [0.15, 0.2) is 22.7 Å². The van der Waals surface area contributed by atoms with Crippen LogP contribution in [0.4, 0.5) is 11.6 Å². The predicted octanol–water partition coefficient (Wildman–Crippen LogP) is -11.2. The van der Waals surface area contributed by atoms with Gasteiger partial charge in [0.1, 0.15) is 72.8 Å². The molecule has 19 atom stereocenters. The van der Waals surface area contributed by atoms with Gasteiger partial charge < -0.3 is 145 Å². The lowest BCUT2D eigenvalue weighted by Gasteiger charge is -2.26. The summed E-state index contributed by atoms with van der Waals surface area (Å²) in [7, 11) is 0. The number of amides is 7. The van der Waals surface area contributed by atoms with Gasteiger partial charge in [0, 0.05) is 112 Å². The molecule has 3 aromatic rings. The minimum atomic E-state index is -2.22. The molecule has 2 heterocycles. The van der Waals surface area contributed by atoms with E-state index in [-0.39, 0.29) is 29.2 Å². The van der Waals surface area contributed by atoms with Crippen molar-refractivity contribution in [3.8, 4) is 0 Å².